The van der Waals surface area contributed by atoms with Crippen LogP contribution in [0.3, 0.4) is 0 Å². The maximum atomic E-state index is 2.64. The maximum absolute atomic E-state index is 2.64. The summed E-state index contributed by atoms with van der Waals surface area (Å²) >= 11 is 0. The molecule has 0 aliphatic carbocycles. The van der Waals surface area contributed by atoms with E-state index in [0.717, 1.165) is 15.5 Å². The molecular formula is H9B5-3. The summed E-state index contributed by atoms with van der Waals surface area (Å²) in [6, 6.07) is 0. The molecule has 0 atom stereocenters. The molecule has 0 saturated carbocycles. The molecule has 0 N–H and O–H groups in total. The molecule has 5 heteroatoms. The second-order valence-electron chi connectivity index (χ2n) is 0. The summed E-state index contributed by atoms with van der Waals surface area (Å²) in [6.07, 6.45) is 1.37. The lowest BCUT2D eigenvalue weighted by atomic mass is 8.97. The van der Waals surface area contributed by atoms with Crippen molar-refractivity contribution in [2.45, 2.75) is 0 Å². The average Bonchev–Trinajstić information content (AvgIpc) is 1.38. The van der Waals surface area contributed by atoms with Crippen molar-refractivity contribution in [1.29, 1.82) is 0 Å². The lowest BCUT2D eigenvalue weighted by Crippen LogP contribution is -2.23. The van der Waals surface area contributed by atoms with Crippen LogP contribution in [0.5, 0.6) is 0 Å². The van der Waals surface area contributed by atoms with E-state index in [0.29, 0.717) is 7.74 Å². The molecule has 0 fully saturated rings. The average molecular weight is 63.1 g/mol. The van der Waals surface area contributed by atoms with Crippen molar-refractivity contribution >= 4 is 36.7 Å². The summed E-state index contributed by atoms with van der Waals surface area (Å²) in [5, 5.41) is 0. The molecule has 5 heavy (non-hydrogen) atoms. The van der Waals surface area contributed by atoms with Crippen LogP contribution in [-0.2, 0) is 0 Å². The standard InChI is InChI=1S/B5H9/c1-4-5(2)3/h1-3H3/q-3. The van der Waals surface area contributed by atoms with E-state index >= 15 is 0 Å². The van der Waals surface area contributed by atoms with Crippen molar-refractivity contribution in [3.63, 3.8) is 0 Å². The third kappa shape index (κ3) is 4.32. The Morgan fingerprint density at radius 1 is 1.40 bits per heavy atom. The lowest BCUT2D eigenvalue weighted by Gasteiger charge is -2.06. The van der Waals surface area contributed by atoms with Crippen LogP contribution in [-0.4, -0.2) is 36.7 Å². The Morgan fingerprint density at radius 3 is 1.60 bits per heavy atom. The van der Waals surface area contributed by atoms with Crippen LogP contribution in [0.4, 0.5) is 0 Å². The van der Waals surface area contributed by atoms with Crippen LogP contribution in [0.15, 0.2) is 0 Å². The van der Waals surface area contributed by atoms with Gasteiger partial charge in [-0.25, -0.2) is 7.06 Å². The van der Waals surface area contributed by atoms with Crippen LogP contribution in [0, 0.1) is 0 Å². The smallest absolute Gasteiger partial charge is 0.0894 e. The van der Waals surface area contributed by atoms with E-state index in [-0.39, 0.29) is 0 Å². The van der Waals surface area contributed by atoms with E-state index in [4.69, 9.17) is 0 Å². The van der Waals surface area contributed by atoms with Gasteiger partial charge in [-0.15, -0.1) is 15.5 Å². The Balaban J connectivity index is 2.54. The van der Waals surface area contributed by atoms with Crippen LogP contribution >= 0.6 is 0 Å². The van der Waals surface area contributed by atoms with Crippen molar-refractivity contribution in [3.05, 3.63) is 0 Å². The van der Waals surface area contributed by atoms with Crippen LogP contribution in [0.25, 0.3) is 0 Å². The minimum absolute atomic E-state index is 0.713. The fraction of sp³-hybridized carbons (Fsp3) is 0. The van der Waals surface area contributed by atoms with E-state index in [1.165, 1.54) is 6.39 Å². The summed E-state index contributed by atoms with van der Waals surface area (Å²) in [5.74, 6) is 0. The zero-order valence-electron chi connectivity index (χ0n) is 1.15. The Morgan fingerprint density at radius 2 is 1.60 bits per heavy atom. The zero-order chi connectivity index (χ0) is 4.28. The third-order valence-corrected chi connectivity index (χ3v) is 0. The fourth-order valence-electron chi connectivity index (χ4n) is 0. The molecule has 27 valence electrons. The highest BCUT2D eigenvalue weighted by atomic mass is 12.7. The number of hydrogen-bond acceptors (Lipinski definition) is 0. The van der Waals surface area contributed by atoms with Gasteiger partial charge in [0.15, 0.2) is 0 Å². The maximum Gasteiger partial charge on any atom is -0.0894 e. The highest BCUT2D eigenvalue weighted by Crippen LogP contribution is 1.47. The quantitative estimate of drug-likeness (QED) is 0.270. The largest absolute Gasteiger partial charge is 0.295 e. The molecule has 1 radical (unpaired) electrons. The first kappa shape index (κ1) is 5.32. The summed E-state index contributed by atoms with van der Waals surface area (Å²) in [4.78, 5) is 0. The van der Waals surface area contributed by atoms with Crippen molar-refractivity contribution < 1.29 is 0 Å². The van der Waals surface area contributed by atoms with Gasteiger partial charge < -0.3 is 0 Å². The monoisotopic (exact) mass is 64.1 g/mol. The topological polar surface area (TPSA) is 0 Å². The summed E-state index contributed by atoms with van der Waals surface area (Å²) in [7, 11) is 4.96. The predicted octanol–water partition coefficient (Wildman–Crippen LogP) is -4.31. The minimum atomic E-state index is 0.713. The Kier molecular flexibility index (Phi) is 2.72. The lowest BCUT2D eigenvalue weighted by molar-refractivity contribution is 3.91. The van der Waals surface area contributed by atoms with Crippen LogP contribution < -0.4 is 0 Å². The second-order valence-corrected chi connectivity index (χ2v) is 0. The Bertz CT molecular complexity index is 14.0. The van der Waals surface area contributed by atoms with Crippen molar-refractivity contribution in [3.8, 4) is 0 Å². The molecule has 0 aliphatic heterocycles. The van der Waals surface area contributed by atoms with Gasteiger partial charge in [-0.05, 0) is 0 Å². The van der Waals surface area contributed by atoms with Crippen LogP contribution in [0.2, 0.25) is 0 Å². The molecule has 0 aliphatic rings. The molecule has 0 aromatic rings. The molecule has 0 bridgehead atoms. The summed E-state index contributed by atoms with van der Waals surface area (Å²) in [5.41, 5.74) is 0. The van der Waals surface area contributed by atoms with E-state index in [1.807, 2.05) is 0 Å². The van der Waals surface area contributed by atoms with E-state index in [2.05, 4.69) is 7.06 Å². The van der Waals surface area contributed by atoms with E-state index in [9.17, 15) is 0 Å². The highest BCUT2D eigenvalue weighted by Gasteiger charge is 1.64. The molecule has 0 spiro atoms. The predicted molar refractivity (Wildman–Crippen MR) is 41.3 cm³/mol. The van der Waals surface area contributed by atoms with E-state index in [1.54, 1.807) is 0 Å². The van der Waals surface area contributed by atoms with Crippen LogP contribution in [0.1, 0.15) is 0 Å². The molecule has 0 rings (SSSR count). The minimum Gasteiger partial charge on any atom is -0.295 e. The van der Waals surface area contributed by atoms with Gasteiger partial charge in [-0.2, -0.15) is 0 Å². The van der Waals surface area contributed by atoms with Crippen molar-refractivity contribution in [1.82, 2.24) is 0 Å². The van der Waals surface area contributed by atoms with Gasteiger partial charge in [-0.1, -0.05) is 7.74 Å². The number of rotatable bonds is 1. The normalized spacial score (nSPS) is 7.00. The summed E-state index contributed by atoms with van der Waals surface area (Å²) < 4.78 is 0. The molecule has 0 unspecified atom stereocenters. The van der Waals surface area contributed by atoms with Crippen molar-refractivity contribution in [2.24, 2.45) is 0 Å². The van der Waals surface area contributed by atoms with Gasteiger partial charge in [0.25, 0.3) is 0 Å². The van der Waals surface area contributed by atoms with Gasteiger partial charge in [0, 0.05) is 0 Å². The molecule has 0 saturated heterocycles. The van der Waals surface area contributed by atoms with Crippen molar-refractivity contribution in [2.75, 3.05) is 0 Å². The van der Waals surface area contributed by atoms with Gasteiger partial charge >= 0.3 is 0 Å². The molecule has 0 nitrogen and oxygen atoms in total. The molecule has 0 aromatic heterocycles. The van der Waals surface area contributed by atoms with E-state index < -0.39 is 0 Å². The van der Waals surface area contributed by atoms with Gasteiger partial charge in [0.2, 0.25) is 0 Å². The number of hydrogen-bond donors (Lipinski definition) is 0. The Hall–Kier alpha value is 0.325. The molecular weight excluding hydrogens is 54.1 g/mol. The summed E-state index contributed by atoms with van der Waals surface area (Å²) in [6.45, 7) is 0. The highest BCUT2D eigenvalue weighted by molar-refractivity contribution is 7.60. The second kappa shape index (κ2) is 2.56. The first-order chi connectivity index (χ1) is 2.27. The third-order valence-electron chi connectivity index (χ3n) is 0. The first-order valence-corrected chi connectivity index (χ1v) is 0.333. The fourth-order valence-corrected chi connectivity index (χ4v) is 0. The Labute approximate surface area is 37.6 Å². The first-order valence-electron chi connectivity index (χ1n) is 0.333. The SMILES string of the molecule is [BH3-][B]B([BH3-])[BH3-]. The van der Waals surface area contributed by atoms with Gasteiger partial charge in [-0.3, -0.25) is 6.39 Å². The molecule has 0 aromatic carbocycles. The van der Waals surface area contributed by atoms with Gasteiger partial charge in [0.05, 0.1) is 0 Å². The molecule has 0 amide bonds. The zero-order valence-corrected chi connectivity index (χ0v) is 1.15. The molecule has 0 heterocycles. The van der Waals surface area contributed by atoms with Gasteiger partial charge in [0.1, 0.15) is 0 Å².